The van der Waals surface area contributed by atoms with Crippen molar-refractivity contribution >= 4 is 23.2 Å². The van der Waals surface area contributed by atoms with Crippen LogP contribution in [0.1, 0.15) is 18.1 Å². The Kier molecular flexibility index (Phi) is 3.44. The minimum Gasteiger partial charge on any atom is -0.494 e. The maximum absolute atomic E-state index is 13.7. The molecule has 0 saturated heterocycles. The van der Waals surface area contributed by atoms with Crippen molar-refractivity contribution in [2.45, 2.75) is 6.92 Å². The number of ether oxygens (including phenoxy) is 1. The first-order chi connectivity index (χ1) is 10.2. The Labute approximate surface area is 122 Å². The minimum absolute atomic E-state index is 0.234. The van der Waals surface area contributed by atoms with Crippen LogP contribution < -0.4 is 10.1 Å². The van der Waals surface area contributed by atoms with Crippen molar-refractivity contribution in [2.24, 2.45) is 0 Å². The Morgan fingerprint density at radius 1 is 1.24 bits per heavy atom. The van der Waals surface area contributed by atoms with Gasteiger partial charge in [-0.25, -0.2) is 4.39 Å². The standard InChI is InChI=1S/C17H14FNO2/c1-2-21-12-7-8-13-14(17(20)19-16(13)10-12)9-11-5-3-4-6-15(11)18/h3-10H,2H2,1H3,(H,19,20). The molecule has 3 rings (SSSR count). The summed E-state index contributed by atoms with van der Waals surface area (Å²) in [5.41, 5.74) is 2.29. The van der Waals surface area contributed by atoms with Crippen molar-refractivity contribution in [3.63, 3.8) is 0 Å². The Balaban J connectivity index is 2.03. The lowest BCUT2D eigenvalue weighted by atomic mass is 10.0. The van der Waals surface area contributed by atoms with Gasteiger partial charge in [0.2, 0.25) is 0 Å². The number of hydrogen-bond acceptors (Lipinski definition) is 2. The molecule has 0 spiro atoms. The predicted octanol–water partition coefficient (Wildman–Crippen LogP) is 3.72. The zero-order valence-corrected chi connectivity index (χ0v) is 11.5. The summed E-state index contributed by atoms with van der Waals surface area (Å²) in [5, 5.41) is 2.78. The van der Waals surface area contributed by atoms with Gasteiger partial charge in [0.1, 0.15) is 11.6 Å². The van der Waals surface area contributed by atoms with Gasteiger partial charge in [-0.15, -0.1) is 0 Å². The van der Waals surface area contributed by atoms with E-state index >= 15 is 0 Å². The van der Waals surface area contributed by atoms with E-state index in [2.05, 4.69) is 5.32 Å². The molecule has 1 amide bonds. The number of fused-ring (bicyclic) bond motifs is 1. The minimum atomic E-state index is -0.350. The highest BCUT2D eigenvalue weighted by Gasteiger charge is 2.24. The van der Waals surface area contributed by atoms with E-state index in [1.807, 2.05) is 13.0 Å². The van der Waals surface area contributed by atoms with E-state index in [4.69, 9.17) is 4.74 Å². The van der Waals surface area contributed by atoms with E-state index < -0.39 is 0 Å². The second kappa shape index (κ2) is 5.40. The number of hydrogen-bond donors (Lipinski definition) is 1. The first kappa shape index (κ1) is 13.4. The molecule has 0 atom stereocenters. The summed E-state index contributed by atoms with van der Waals surface area (Å²) in [6.07, 6.45) is 1.57. The van der Waals surface area contributed by atoms with Gasteiger partial charge in [0.25, 0.3) is 5.91 Å². The molecular weight excluding hydrogens is 269 g/mol. The van der Waals surface area contributed by atoms with Gasteiger partial charge in [0.15, 0.2) is 0 Å². The van der Waals surface area contributed by atoms with Gasteiger partial charge in [0, 0.05) is 22.8 Å². The molecular formula is C17H14FNO2. The molecule has 1 aliphatic heterocycles. The van der Waals surface area contributed by atoms with Gasteiger partial charge in [0.05, 0.1) is 12.3 Å². The zero-order chi connectivity index (χ0) is 14.8. The van der Waals surface area contributed by atoms with Crippen LogP contribution in [0.2, 0.25) is 0 Å². The lowest BCUT2D eigenvalue weighted by molar-refractivity contribution is -0.110. The van der Waals surface area contributed by atoms with E-state index in [0.717, 1.165) is 5.56 Å². The van der Waals surface area contributed by atoms with E-state index in [1.54, 1.807) is 36.4 Å². The largest absolute Gasteiger partial charge is 0.494 e. The fraction of sp³-hybridized carbons (Fsp3) is 0.118. The van der Waals surface area contributed by atoms with Crippen molar-refractivity contribution in [1.29, 1.82) is 0 Å². The van der Waals surface area contributed by atoms with Crippen LogP contribution in [0.3, 0.4) is 0 Å². The smallest absolute Gasteiger partial charge is 0.256 e. The van der Waals surface area contributed by atoms with E-state index in [9.17, 15) is 9.18 Å². The molecule has 3 nitrogen and oxygen atoms in total. The molecule has 1 aliphatic rings. The number of carbonyl (C=O) groups excluding carboxylic acids is 1. The SMILES string of the molecule is CCOc1ccc2c(c1)NC(=O)C2=Cc1ccccc1F. The third-order valence-electron chi connectivity index (χ3n) is 3.29. The van der Waals surface area contributed by atoms with Crippen molar-refractivity contribution < 1.29 is 13.9 Å². The highest BCUT2D eigenvalue weighted by Crippen LogP contribution is 2.35. The molecule has 1 N–H and O–H groups in total. The molecule has 2 aromatic carbocycles. The van der Waals surface area contributed by atoms with E-state index in [-0.39, 0.29) is 11.7 Å². The molecule has 21 heavy (non-hydrogen) atoms. The summed E-state index contributed by atoms with van der Waals surface area (Å²) in [5.74, 6) is 0.114. The third kappa shape index (κ3) is 2.52. The second-order valence-corrected chi connectivity index (χ2v) is 4.67. The van der Waals surface area contributed by atoms with Gasteiger partial charge in [-0.05, 0) is 31.2 Å². The van der Waals surface area contributed by atoms with Gasteiger partial charge in [-0.2, -0.15) is 0 Å². The first-order valence-electron chi connectivity index (χ1n) is 6.74. The van der Waals surface area contributed by atoms with Crippen LogP contribution in [-0.2, 0) is 4.79 Å². The van der Waals surface area contributed by atoms with E-state index in [0.29, 0.717) is 29.2 Å². The summed E-state index contributed by atoms with van der Waals surface area (Å²) < 4.78 is 19.1. The monoisotopic (exact) mass is 283 g/mol. The fourth-order valence-corrected chi connectivity index (χ4v) is 2.32. The third-order valence-corrected chi connectivity index (χ3v) is 3.29. The molecule has 0 fully saturated rings. The second-order valence-electron chi connectivity index (χ2n) is 4.67. The van der Waals surface area contributed by atoms with Crippen LogP contribution >= 0.6 is 0 Å². The van der Waals surface area contributed by atoms with Crippen molar-refractivity contribution in [1.82, 2.24) is 0 Å². The Hall–Kier alpha value is -2.62. The molecule has 106 valence electrons. The summed E-state index contributed by atoms with van der Waals surface area (Å²) in [6.45, 7) is 2.46. The molecule has 0 saturated carbocycles. The number of halogens is 1. The fourth-order valence-electron chi connectivity index (χ4n) is 2.32. The molecule has 0 aliphatic carbocycles. The number of rotatable bonds is 3. The molecule has 1 heterocycles. The summed E-state index contributed by atoms with van der Waals surface area (Å²) in [4.78, 5) is 12.1. The lowest BCUT2D eigenvalue weighted by Gasteiger charge is -2.05. The summed E-state index contributed by atoms with van der Waals surface area (Å²) in [6, 6.07) is 11.8. The maximum atomic E-state index is 13.7. The van der Waals surface area contributed by atoms with Gasteiger partial charge < -0.3 is 10.1 Å². The molecule has 0 unspecified atom stereocenters. The summed E-state index contributed by atoms with van der Waals surface area (Å²) >= 11 is 0. The average molecular weight is 283 g/mol. The number of carbonyl (C=O) groups is 1. The number of benzene rings is 2. The molecule has 4 heteroatoms. The van der Waals surface area contributed by atoms with Gasteiger partial charge >= 0.3 is 0 Å². The van der Waals surface area contributed by atoms with Crippen LogP contribution in [0.25, 0.3) is 11.6 Å². The van der Waals surface area contributed by atoms with Crippen molar-refractivity contribution in [2.75, 3.05) is 11.9 Å². The highest BCUT2D eigenvalue weighted by molar-refractivity contribution is 6.35. The van der Waals surface area contributed by atoms with Crippen LogP contribution in [0.15, 0.2) is 42.5 Å². The number of amides is 1. The number of anilines is 1. The van der Waals surface area contributed by atoms with Crippen LogP contribution in [-0.4, -0.2) is 12.5 Å². The van der Waals surface area contributed by atoms with Crippen LogP contribution in [0, 0.1) is 5.82 Å². The molecule has 2 aromatic rings. The average Bonchev–Trinajstić information content (AvgIpc) is 2.77. The van der Waals surface area contributed by atoms with Gasteiger partial charge in [-0.3, -0.25) is 4.79 Å². The Morgan fingerprint density at radius 3 is 2.81 bits per heavy atom. The van der Waals surface area contributed by atoms with Gasteiger partial charge in [-0.1, -0.05) is 18.2 Å². The van der Waals surface area contributed by atoms with Crippen molar-refractivity contribution in [3.8, 4) is 5.75 Å². The zero-order valence-electron chi connectivity index (χ0n) is 11.5. The Morgan fingerprint density at radius 2 is 2.05 bits per heavy atom. The molecule has 0 aromatic heterocycles. The normalized spacial score (nSPS) is 15.0. The highest BCUT2D eigenvalue weighted by atomic mass is 19.1. The maximum Gasteiger partial charge on any atom is 0.256 e. The first-order valence-corrected chi connectivity index (χ1v) is 6.74. The molecule has 0 bridgehead atoms. The topological polar surface area (TPSA) is 38.3 Å². The van der Waals surface area contributed by atoms with Crippen LogP contribution in [0.5, 0.6) is 5.75 Å². The Bertz CT molecular complexity index is 737. The predicted molar refractivity (Wildman–Crippen MR) is 80.5 cm³/mol. The molecule has 0 radical (unpaired) electrons. The van der Waals surface area contributed by atoms with Crippen molar-refractivity contribution in [3.05, 3.63) is 59.4 Å². The summed E-state index contributed by atoms with van der Waals surface area (Å²) in [7, 11) is 0. The quantitative estimate of drug-likeness (QED) is 0.872. The van der Waals surface area contributed by atoms with Crippen LogP contribution in [0.4, 0.5) is 10.1 Å². The lowest BCUT2D eigenvalue weighted by Crippen LogP contribution is -2.03. The number of nitrogens with one attached hydrogen (secondary N) is 1. The van der Waals surface area contributed by atoms with E-state index in [1.165, 1.54) is 6.07 Å².